The number of rotatable bonds is 18. The first-order chi connectivity index (χ1) is 15.9. The highest BCUT2D eigenvalue weighted by Crippen LogP contribution is 2.20. The highest BCUT2D eigenvalue weighted by Gasteiger charge is 2.39. The number of carbonyl (C=O) groups is 2. The summed E-state index contributed by atoms with van der Waals surface area (Å²) >= 11 is 0. The lowest BCUT2D eigenvalue weighted by molar-refractivity contribution is -0.137. The minimum atomic E-state index is -2.51. The van der Waals surface area contributed by atoms with E-state index in [4.69, 9.17) is 18.0 Å². The van der Waals surface area contributed by atoms with E-state index in [9.17, 15) is 9.59 Å². The molecule has 0 atom stereocenters. The fourth-order valence-electron chi connectivity index (χ4n) is 3.42. The van der Waals surface area contributed by atoms with Crippen LogP contribution in [-0.4, -0.2) is 47.1 Å². The van der Waals surface area contributed by atoms with E-state index in [1.165, 1.54) is 13.0 Å². The third-order valence-corrected chi connectivity index (χ3v) is 8.01. The number of anilines is 1. The highest BCUT2D eigenvalue weighted by atomic mass is 28.4. The largest absolute Gasteiger partial charge is 0.500 e. The topological polar surface area (TPSA) is 83.1 Å². The second-order valence-electron chi connectivity index (χ2n) is 7.66. The summed E-state index contributed by atoms with van der Waals surface area (Å²) in [4.78, 5) is 22.9. The van der Waals surface area contributed by atoms with Gasteiger partial charge in [-0.15, -0.1) is 0 Å². The van der Waals surface area contributed by atoms with Gasteiger partial charge in [-0.05, 0) is 57.4 Å². The molecule has 33 heavy (non-hydrogen) atoms. The van der Waals surface area contributed by atoms with Crippen molar-refractivity contribution in [2.45, 2.75) is 72.3 Å². The Hall–Kier alpha value is -2.00. The van der Waals surface area contributed by atoms with Gasteiger partial charge in [-0.3, -0.25) is 4.79 Å². The van der Waals surface area contributed by atoms with Crippen molar-refractivity contribution in [3.05, 3.63) is 35.9 Å². The van der Waals surface area contributed by atoms with Crippen LogP contribution in [0, 0.1) is 0 Å². The number of hydrogen-bond acceptors (Lipinski definition) is 6. The van der Waals surface area contributed by atoms with Gasteiger partial charge < -0.3 is 23.3 Å². The molecule has 7 nitrogen and oxygen atoms in total. The van der Waals surface area contributed by atoms with Gasteiger partial charge in [0.15, 0.2) is 0 Å². The lowest BCUT2D eigenvalue weighted by Gasteiger charge is -2.28. The quantitative estimate of drug-likeness (QED) is 0.128. The predicted octanol–water partition coefficient (Wildman–Crippen LogP) is 5.59. The standard InChI is InChI=1S/C25H41NO6Si/c1-5-30-33(31-6-2,32-7-3)21-13-11-9-8-10-12-20-29-25(28)19-16-23-14-17-24(18-15-23)26-22(4)27/h14-19H,5-13,20-21H2,1-4H3,(H,26,27)/b19-16+. The maximum absolute atomic E-state index is 11.9. The van der Waals surface area contributed by atoms with E-state index in [1.54, 1.807) is 18.2 Å². The van der Waals surface area contributed by atoms with E-state index >= 15 is 0 Å². The molecule has 1 aromatic carbocycles. The number of ether oxygens (including phenoxy) is 1. The summed E-state index contributed by atoms with van der Waals surface area (Å²) in [6.07, 6.45) is 9.43. The number of benzene rings is 1. The zero-order valence-corrected chi connectivity index (χ0v) is 21.7. The average molecular weight is 480 g/mol. The monoisotopic (exact) mass is 479 g/mol. The van der Waals surface area contributed by atoms with Crippen LogP contribution in [0.1, 0.15) is 71.8 Å². The molecule has 0 bridgehead atoms. The van der Waals surface area contributed by atoms with E-state index in [2.05, 4.69) is 5.32 Å². The SMILES string of the molecule is CCO[Si](CCCCCCCCOC(=O)/C=C/c1ccc(NC(C)=O)cc1)(OCC)OCC. The molecule has 0 radical (unpaired) electrons. The van der Waals surface area contributed by atoms with Crippen LogP contribution in [0.15, 0.2) is 30.3 Å². The van der Waals surface area contributed by atoms with Gasteiger partial charge in [0.05, 0.1) is 6.61 Å². The van der Waals surface area contributed by atoms with E-state index < -0.39 is 8.80 Å². The summed E-state index contributed by atoms with van der Waals surface area (Å²) in [5.74, 6) is -0.458. The normalized spacial score (nSPS) is 11.6. The molecule has 0 heterocycles. The molecular formula is C25H41NO6Si. The Morgan fingerprint density at radius 2 is 1.39 bits per heavy atom. The lowest BCUT2D eigenvalue weighted by Crippen LogP contribution is -2.45. The summed E-state index contributed by atoms with van der Waals surface area (Å²) in [6, 6.07) is 8.11. The lowest BCUT2D eigenvalue weighted by atomic mass is 10.1. The number of nitrogens with one attached hydrogen (secondary N) is 1. The molecule has 0 aliphatic carbocycles. The number of hydrogen-bond donors (Lipinski definition) is 1. The van der Waals surface area contributed by atoms with Gasteiger partial charge in [-0.2, -0.15) is 0 Å². The van der Waals surface area contributed by atoms with Crippen LogP contribution in [0.3, 0.4) is 0 Å². The van der Waals surface area contributed by atoms with Crippen LogP contribution in [0.5, 0.6) is 0 Å². The smallest absolute Gasteiger partial charge is 0.463 e. The molecule has 0 saturated carbocycles. The van der Waals surface area contributed by atoms with Crippen molar-refractivity contribution in [1.82, 2.24) is 0 Å². The Bertz CT molecular complexity index is 690. The number of carbonyl (C=O) groups excluding carboxylic acids is 2. The Morgan fingerprint density at radius 1 is 0.848 bits per heavy atom. The third-order valence-electron chi connectivity index (χ3n) is 4.86. The van der Waals surface area contributed by atoms with Crippen molar-refractivity contribution in [2.75, 3.05) is 31.7 Å². The van der Waals surface area contributed by atoms with E-state index in [1.807, 2.05) is 32.9 Å². The van der Waals surface area contributed by atoms with Gasteiger partial charge in [0.25, 0.3) is 0 Å². The third kappa shape index (κ3) is 13.3. The number of esters is 1. The molecule has 0 fully saturated rings. The van der Waals surface area contributed by atoms with Gasteiger partial charge in [0.2, 0.25) is 5.91 Å². The van der Waals surface area contributed by atoms with Crippen molar-refractivity contribution in [2.24, 2.45) is 0 Å². The molecule has 0 saturated heterocycles. The molecule has 0 aliphatic heterocycles. The van der Waals surface area contributed by atoms with Gasteiger partial charge in [-0.1, -0.05) is 37.8 Å². The first kappa shape index (κ1) is 29.0. The summed E-state index contributed by atoms with van der Waals surface area (Å²) in [7, 11) is -2.51. The Morgan fingerprint density at radius 3 is 1.94 bits per heavy atom. The minimum Gasteiger partial charge on any atom is -0.463 e. The minimum absolute atomic E-state index is 0.115. The van der Waals surface area contributed by atoms with Crippen LogP contribution in [0.2, 0.25) is 6.04 Å². The first-order valence-electron chi connectivity index (χ1n) is 12.1. The molecule has 0 spiro atoms. The Kier molecular flexibility index (Phi) is 15.4. The fourth-order valence-corrected chi connectivity index (χ4v) is 6.10. The van der Waals surface area contributed by atoms with Crippen molar-refractivity contribution in [3.8, 4) is 0 Å². The van der Waals surface area contributed by atoms with Crippen molar-refractivity contribution in [3.63, 3.8) is 0 Å². The molecule has 1 N–H and O–H groups in total. The molecule has 0 unspecified atom stereocenters. The fraction of sp³-hybridized carbons (Fsp3) is 0.600. The van der Waals surface area contributed by atoms with Crippen LogP contribution in [-0.2, 0) is 27.6 Å². The molecule has 0 aromatic heterocycles. The molecule has 8 heteroatoms. The molecule has 1 amide bonds. The molecule has 186 valence electrons. The van der Waals surface area contributed by atoms with E-state index in [0.29, 0.717) is 26.4 Å². The second-order valence-corrected chi connectivity index (χ2v) is 10.4. The maximum atomic E-state index is 11.9. The first-order valence-corrected chi connectivity index (χ1v) is 14.0. The predicted molar refractivity (Wildman–Crippen MR) is 134 cm³/mol. The van der Waals surface area contributed by atoms with Crippen LogP contribution < -0.4 is 5.32 Å². The Balaban J connectivity index is 2.15. The van der Waals surface area contributed by atoms with Gasteiger partial charge in [0.1, 0.15) is 0 Å². The molecule has 0 aliphatic rings. The Labute approximate surface area is 200 Å². The molecule has 1 rings (SSSR count). The van der Waals surface area contributed by atoms with Gasteiger partial charge in [0, 0.05) is 44.6 Å². The molecular weight excluding hydrogens is 438 g/mol. The van der Waals surface area contributed by atoms with Crippen LogP contribution in [0.25, 0.3) is 6.08 Å². The maximum Gasteiger partial charge on any atom is 0.500 e. The zero-order valence-electron chi connectivity index (χ0n) is 20.7. The summed E-state index contributed by atoms with van der Waals surface area (Å²) in [6.45, 7) is 9.69. The summed E-state index contributed by atoms with van der Waals surface area (Å²) in [5.41, 5.74) is 1.59. The van der Waals surface area contributed by atoms with Crippen molar-refractivity contribution in [1.29, 1.82) is 0 Å². The van der Waals surface area contributed by atoms with Gasteiger partial charge in [-0.25, -0.2) is 4.79 Å². The van der Waals surface area contributed by atoms with Crippen molar-refractivity contribution >= 4 is 32.4 Å². The van der Waals surface area contributed by atoms with Crippen molar-refractivity contribution < 1.29 is 27.6 Å². The second kappa shape index (κ2) is 17.5. The van der Waals surface area contributed by atoms with Crippen LogP contribution in [0.4, 0.5) is 5.69 Å². The zero-order chi connectivity index (χ0) is 24.4. The number of amides is 1. The average Bonchev–Trinajstić information content (AvgIpc) is 2.77. The number of unbranched alkanes of at least 4 members (excludes halogenated alkanes) is 5. The highest BCUT2D eigenvalue weighted by molar-refractivity contribution is 6.60. The summed E-state index contributed by atoms with van der Waals surface area (Å²) < 4.78 is 22.9. The van der Waals surface area contributed by atoms with Crippen LogP contribution >= 0.6 is 0 Å². The van der Waals surface area contributed by atoms with E-state index in [-0.39, 0.29) is 11.9 Å². The van der Waals surface area contributed by atoms with E-state index in [0.717, 1.165) is 55.8 Å². The summed E-state index contributed by atoms with van der Waals surface area (Å²) in [5, 5.41) is 2.70. The van der Waals surface area contributed by atoms with Gasteiger partial charge >= 0.3 is 14.8 Å². The molecule has 1 aromatic rings.